The molecular weight excluding hydrogens is 402 g/mol. The Morgan fingerprint density at radius 3 is 2.19 bits per heavy atom. The van der Waals surface area contributed by atoms with Gasteiger partial charge in [0.1, 0.15) is 5.69 Å². The summed E-state index contributed by atoms with van der Waals surface area (Å²) < 4.78 is 4.71. The molecule has 0 fully saturated rings. The fourth-order valence-corrected chi connectivity index (χ4v) is 3.22. The second kappa shape index (κ2) is 10.3. The average Bonchev–Trinajstić information content (AvgIpc) is 2.78. The van der Waals surface area contributed by atoms with Crippen LogP contribution in [0.15, 0.2) is 42.5 Å². The first-order chi connectivity index (χ1) is 14.7. The topological polar surface area (TPSA) is 110 Å². The molecular formula is C22H25N3O6. The highest BCUT2D eigenvalue weighted by atomic mass is 16.6. The van der Waals surface area contributed by atoms with Gasteiger partial charge in [-0.1, -0.05) is 18.2 Å². The molecule has 0 N–H and O–H groups in total. The number of hydrogen-bond acceptors (Lipinski definition) is 7. The van der Waals surface area contributed by atoms with Crippen molar-refractivity contribution in [1.29, 1.82) is 0 Å². The number of esters is 1. The van der Waals surface area contributed by atoms with E-state index in [1.807, 2.05) is 13.8 Å². The van der Waals surface area contributed by atoms with Crippen LogP contribution in [-0.4, -0.2) is 61.3 Å². The van der Waals surface area contributed by atoms with E-state index in [9.17, 15) is 24.5 Å². The SMILES string of the molecule is CCN(CC)C(=O)CN(C)c1ccc(C(=O)c2ccccc2C(=O)OC)cc1[N+](=O)[O-]. The van der Waals surface area contributed by atoms with Gasteiger partial charge < -0.3 is 14.5 Å². The molecule has 2 aromatic carbocycles. The van der Waals surface area contributed by atoms with Crippen LogP contribution >= 0.6 is 0 Å². The van der Waals surface area contributed by atoms with E-state index in [4.69, 9.17) is 4.74 Å². The molecule has 0 heterocycles. The summed E-state index contributed by atoms with van der Waals surface area (Å²) in [7, 11) is 2.79. The van der Waals surface area contributed by atoms with E-state index in [1.54, 1.807) is 24.1 Å². The van der Waals surface area contributed by atoms with Gasteiger partial charge in [-0.2, -0.15) is 0 Å². The van der Waals surface area contributed by atoms with Gasteiger partial charge in [-0.25, -0.2) is 4.79 Å². The largest absolute Gasteiger partial charge is 0.465 e. The third kappa shape index (κ3) is 5.25. The zero-order chi connectivity index (χ0) is 23.1. The van der Waals surface area contributed by atoms with Crippen LogP contribution in [0.25, 0.3) is 0 Å². The highest BCUT2D eigenvalue weighted by Crippen LogP contribution is 2.30. The number of hydrogen-bond donors (Lipinski definition) is 0. The molecule has 9 nitrogen and oxygen atoms in total. The number of carbonyl (C=O) groups excluding carboxylic acids is 3. The maximum absolute atomic E-state index is 13.0. The summed E-state index contributed by atoms with van der Waals surface area (Å²) in [4.78, 5) is 51.5. The minimum absolute atomic E-state index is 0.0407. The molecule has 2 rings (SSSR count). The first-order valence-electron chi connectivity index (χ1n) is 9.74. The van der Waals surface area contributed by atoms with Gasteiger partial charge in [0.15, 0.2) is 5.78 Å². The van der Waals surface area contributed by atoms with Crippen LogP contribution in [0.3, 0.4) is 0 Å². The summed E-state index contributed by atoms with van der Waals surface area (Å²) in [5.41, 5.74) is 0.111. The van der Waals surface area contributed by atoms with Crippen molar-refractivity contribution in [2.75, 3.05) is 38.7 Å². The number of carbonyl (C=O) groups is 3. The Kier molecular flexibility index (Phi) is 7.84. The number of nitro benzene ring substituents is 1. The van der Waals surface area contributed by atoms with Crippen molar-refractivity contribution in [2.45, 2.75) is 13.8 Å². The first-order valence-corrected chi connectivity index (χ1v) is 9.74. The molecule has 0 spiro atoms. The van der Waals surface area contributed by atoms with Crippen molar-refractivity contribution >= 4 is 29.0 Å². The molecule has 0 aliphatic heterocycles. The highest BCUT2D eigenvalue weighted by Gasteiger charge is 2.24. The lowest BCUT2D eigenvalue weighted by molar-refractivity contribution is -0.384. The number of amides is 1. The van der Waals surface area contributed by atoms with E-state index in [2.05, 4.69) is 0 Å². The van der Waals surface area contributed by atoms with E-state index in [-0.39, 0.29) is 40.5 Å². The second-order valence-electron chi connectivity index (χ2n) is 6.75. The van der Waals surface area contributed by atoms with Crippen LogP contribution < -0.4 is 4.90 Å². The fraction of sp³-hybridized carbons (Fsp3) is 0.318. The maximum atomic E-state index is 13.0. The quantitative estimate of drug-likeness (QED) is 0.262. The summed E-state index contributed by atoms with van der Waals surface area (Å²) in [6.45, 7) is 4.75. The van der Waals surface area contributed by atoms with Crippen LogP contribution in [0.2, 0.25) is 0 Å². The fourth-order valence-electron chi connectivity index (χ4n) is 3.22. The lowest BCUT2D eigenvalue weighted by Gasteiger charge is -2.24. The van der Waals surface area contributed by atoms with Gasteiger partial charge in [0.25, 0.3) is 5.69 Å². The van der Waals surface area contributed by atoms with Crippen LogP contribution in [0.4, 0.5) is 11.4 Å². The average molecular weight is 427 g/mol. The molecule has 0 saturated heterocycles. The molecule has 0 aliphatic carbocycles. The molecule has 0 unspecified atom stereocenters. The molecule has 164 valence electrons. The van der Waals surface area contributed by atoms with Crippen LogP contribution in [0, 0.1) is 10.1 Å². The molecule has 0 atom stereocenters. The van der Waals surface area contributed by atoms with Crippen LogP contribution in [-0.2, 0) is 9.53 Å². The Bertz CT molecular complexity index is 1000. The number of nitrogens with zero attached hydrogens (tertiary/aromatic N) is 3. The molecule has 1 amide bonds. The Balaban J connectivity index is 2.41. The van der Waals surface area contributed by atoms with Crippen molar-refractivity contribution in [3.05, 3.63) is 69.3 Å². The van der Waals surface area contributed by atoms with E-state index >= 15 is 0 Å². The van der Waals surface area contributed by atoms with E-state index in [0.717, 1.165) is 6.07 Å². The minimum Gasteiger partial charge on any atom is -0.465 e. The summed E-state index contributed by atoms with van der Waals surface area (Å²) >= 11 is 0. The molecule has 0 aliphatic rings. The normalized spacial score (nSPS) is 10.3. The van der Waals surface area contributed by atoms with Crippen LogP contribution in [0.5, 0.6) is 0 Å². The Labute approximate surface area is 180 Å². The molecule has 31 heavy (non-hydrogen) atoms. The van der Waals surface area contributed by atoms with Gasteiger partial charge in [0.05, 0.1) is 24.1 Å². The lowest BCUT2D eigenvalue weighted by atomic mass is 9.97. The van der Waals surface area contributed by atoms with Gasteiger partial charge in [0, 0.05) is 37.3 Å². The van der Waals surface area contributed by atoms with Gasteiger partial charge in [-0.05, 0) is 32.0 Å². The van der Waals surface area contributed by atoms with Gasteiger partial charge >= 0.3 is 5.97 Å². The number of anilines is 1. The summed E-state index contributed by atoms with van der Waals surface area (Å²) in [5, 5.41) is 11.7. The molecule has 0 bridgehead atoms. The van der Waals surface area contributed by atoms with Crippen molar-refractivity contribution in [3.8, 4) is 0 Å². The smallest absolute Gasteiger partial charge is 0.338 e. The minimum atomic E-state index is -0.676. The third-order valence-electron chi connectivity index (χ3n) is 4.91. The van der Waals surface area contributed by atoms with Gasteiger partial charge in [-0.15, -0.1) is 0 Å². The predicted molar refractivity (Wildman–Crippen MR) is 116 cm³/mol. The molecule has 0 aromatic heterocycles. The standard InChI is InChI=1S/C22H25N3O6/c1-5-24(6-2)20(26)14-23(3)18-12-11-15(13-19(18)25(29)30)21(27)16-9-7-8-10-17(16)22(28)31-4/h7-13H,5-6,14H2,1-4H3. The monoisotopic (exact) mass is 427 g/mol. The van der Waals surface area contributed by atoms with Crippen molar-refractivity contribution in [2.24, 2.45) is 0 Å². The second-order valence-corrected chi connectivity index (χ2v) is 6.75. The number of likely N-dealkylation sites (N-methyl/N-ethyl adjacent to an activating group) is 2. The van der Waals surface area contributed by atoms with Crippen molar-refractivity contribution in [3.63, 3.8) is 0 Å². The maximum Gasteiger partial charge on any atom is 0.338 e. The number of ether oxygens (including phenoxy) is 1. The molecule has 9 heteroatoms. The van der Waals surface area contributed by atoms with Crippen molar-refractivity contribution < 1.29 is 24.0 Å². The number of benzene rings is 2. The van der Waals surface area contributed by atoms with E-state index < -0.39 is 16.7 Å². The lowest BCUT2D eigenvalue weighted by Crippen LogP contribution is -2.39. The zero-order valence-corrected chi connectivity index (χ0v) is 18.0. The third-order valence-corrected chi connectivity index (χ3v) is 4.91. The Morgan fingerprint density at radius 2 is 1.65 bits per heavy atom. The Morgan fingerprint density at radius 1 is 1.03 bits per heavy atom. The molecule has 2 aromatic rings. The van der Waals surface area contributed by atoms with E-state index in [0.29, 0.717) is 13.1 Å². The van der Waals surface area contributed by atoms with Crippen LogP contribution in [0.1, 0.15) is 40.1 Å². The van der Waals surface area contributed by atoms with Gasteiger partial charge in [-0.3, -0.25) is 19.7 Å². The van der Waals surface area contributed by atoms with Crippen molar-refractivity contribution in [1.82, 2.24) is 4.90 Å². The first kappa shape index (κ1) is 23.5. The Hall–Kier alpha value is -3.75. The number of methoxy groups -OCH3 is 1. The highest BCUT2D eigenvalue weighted by molar-refractivity contribution is 6.14. The predicted octanol–water partition coefficient (Wildman–Crippen LogP) is 2.92. The summed E-state index contributed by atoms with van der Waals surface area (Å²) in [5.74, 6) is -1.38. The zero-order valence-electron chi connectivity index (χ0n) is 18.0. The number of rotatable bonds is 9. The molecule has 0 saturated carbocycles. The van der Waals surface area contributed by atoms with E-state index in [1.165, 1.54) is 36.3 Å². The number of ketones is 1. The summed E-state index contributed by atoms with van der Waals surface area (Å²) in [6, 6.07) is 10.1. The number of nitro groups is 1. The molecule has 0 radical (unpaired) electrons. The summed E-state index contributed by atoms with van der Waals surface area (Å²) in [6.07, 6.45) is 0. The van der Waals surface area contributed by atoms with Gasteiger partial charge in [0.2, 0.25) is 5.91 Å².